The summed E-state index contributed by atoms with van der Waals surface area (Å²) < 4.78 is 5.66. The summed E-state index contributed by atoms with van der Waals surface area (Å²) in [4.78, 5) is 2.06. The molecule has 1 radical (unpaired) electrons. The van der Waals surface area contributed by atoms with Crippen LogP contribution in [0.4, 0.5) is 5.69 Å². The summed E-state index contributed by atoms with van der Waals surface area (Å²) in [6.45, 7) is 4.53. The molecule has 0 saturated carbocycles. The molecule has 0 aromatic heterocycles. The predicted octanol–water partition coefficient (Wildman–Crippen LogP) is 2.75. The van der Waals surface area contributed by atoms with Crippen LogP contribution in [0.2, 0.25) is 0 Å². The van der Waals surface area contributed by atoms with Crippen molar-refractivity contribution >= 4 is 5.69 Å². The average molecular weight is 192 g/mol. The van der Waals surface area contributed by atoms with E-state index in [1.165, 1.54) is 0 Å². The zero-order chi connectivity index (χ0) is 10.4. The Hall–Kier alpha value is -1.18. The van der Waals surface area contributed by atoms with Gasteiger partial charge < -0.3 is 9.64 Å². The number of hydrogen-bond donors (Lipinski definition) is 0. The lowest BCUT2D eigenvalue weighted by Crippen LogP contribution is -2.10. The molecule has 0 bridgehead atoms. The number of nitrogens with zero attached hydrogens (tertiary/aromatic N) is 1. The molecule has 1 aromatic carbocycles. The summed E-state index contributed by atoms with van der Waals surface area (Å²) in [6.07, 6.45) is 1.92. The lowest BCUT2D eigenvalue weighted by molar-refractivity contribution is 0.312. The summed E-state index contributed by atoms with van der Waals surface area (Å²) in [7, 11) is 4.03. The van der Waals surface area contributed by atoms with Crippen molar-refractivity contribution in [2.24, 2.45) is 0 Å². The van der Waals surface area contributed by atoms with E-state index in [0.717, 1.165) is 30.9 Å². The van der Waals surface area contributed by atoms with E-state index >= 15 is 0 Å². The first-order valence-electron chi connectivity index (χ1n) is 4.94. The molecule has 0 N–H and O–H groups in total. The van der Waals surface area contributed by atoms with Crippen LogP contribution >= 0.6 is 0 Å². The van der Waals surface area contributed by atoms with Gasteiger partial charge in [0.15, 0.2) is 0 Å². The second kappa shape index (κ2) is 5.53. The number of unbranched alkanes of at least 4 members (excludes halogenated alkanes) is 1. The third kappa shape index (κ3) is 2.95. The van der Waals surface area contributed by atoms with Crippen molar-refractivity contribution in [1.29, 1.82) is 0 Å². The van der Waals surface area contributed by atoms with Crippen molar-refractivity contribution in [3.8, 4) is 5.75 Å². The SMILES string of the molecule is [CH2]CCCOc1ccccc1N(C)C. The number of ether oxygens (including phenoxy) is 1. The topological polar surface area (TPSA) is 12.5 Å². The van der Waals surface area contributed by atoms with Crippen LogP contribution < -0.4 is 9.64 Å². The molecular formula is C12H18NO. The first-order valence-corrected chi connectivity index (χ1v) is 4.94. The minimum atomic E-state index is 0.744. The van der Waals surface area contributed by atoms with Crippen molar-refractivity contribution in [3.05, 3.63) is 31.2 Å². The van der Waals surface area contributed by atoms with Crippen molar-refractivity contribution < 1.29 is 4.74 Å². The normalized spacial score (nSPS) is 9.93. The molecule has 0 aliphatic heterocycles. The predicted molar refractivity (Wildman–Crippen MR) is 60.9 cm³/mol. The van der Waals surface area contributed by atoms with E-state index in [1.54, 1.807) is 0 Å². The Labute approximate surface area is 86.5 Å². The molecule has 0 unspecified atom stereocenters. The fraction of sp³-hybridized carbons (Fsp3) is 0.417. The van der Waals surface area contributed by atoms with Gasteiger partial charge in [-0.3, -0.25) is 0 Å². The maximum atomic E-state index is 5.66. The highest BCUT2D eigenvalue weighted by atomic mass is 16.5. The van der Waals surface area contributed by atoms with E-state index in [-0.39, 0.29) is 0 Å². The van der Waals surface area contributed by atoms with Crippen LogP contribution in [0, 0.1) is 6.92 Å². The molecule has 14 heavy (non-hydrogen) atoms. The van der Waals surface area contributed by atoms with Gasteiger partial charge >= 0.3 is 0 Å². The fourth-order valence-electron chi connectivity index (χ4n) is 1.23. The van der Waals surface area contributed by atoms with Gasteiger partial charge in [0, 0.05) is 14.1 Å². The van der Waals surface area contributed by atoms with E-state index in [0.29, 0.717) is 0 Å². The van der Waals surface area contributed by atoms with Gasteiger partial charge in [0.1, 0.15) is 5.75 Å². The number of para-hydroxylation sites is 2. The van der Waals surface area contributed by atoms with Crippen LogP contribution in [0.5, 0.6) is 5.75 Å². The summed E-state index contributed by atoms with van der Waals surface area (Å²) in [6, 6.07) is 8.06. The average Bonchev–Trinajstić information content (AvgIpc) is 2.19. The second-order valence-corrected chi connectivity index (χ2v) is 3.42. The largest absolute Gasteiger partial charge is 0.491 e. The van der Waals surface area contributed by atoms with Crippen LogP contribution in [0.3, 0.4) is 0 Å². The Balaban J connectivity index is 2.64. The zero-order valence-corrected chi connectivity index (χ0v) is 8.99. The van der Waals surface area contributed by atoms with Gasteiger partial charge in [0.05, 0.1) is 12.3 Å². The van der Waals surface area contributed by atoms with Crippen molar-refractivity contribution in [2.75, 3.05) is 25.6 Å². The van der Waals surface area contributed by atoms with E-state index in [1.807, 2.05) is 32.3 Å². The number of rotatable bonds is 5. The highest BCUT2D eigenvalue weighted by Crippen LogP contribution is 2.25. The van der Waals surface area contributed by atoms with Gasteiger partial charge in [-0.2, -0.15) is 0 Å². The molecule has 0 heterocycles. The van der Waals surface area contributed by atoms with E-state index in [4.69, 9.17) is 4.74 Å². The first kappa shape index (κ1) is 10.9. The van der Waals surface area contributed by atoms with Crippen molar-refractivity contribution in [2.45, 2.75) is 12.8 Å². The molecule has 2 heteroatoms. The van der Waals surface area contributed by atoms with E-state index < -0.39 is 0 Å². The Morgan fingerprint density at radius 1 is 1.29 bits per heavy atom. The molecule has 0 fully saturated rings. The highest BCUT2D eigenvalue weighted by molar-refractivity contribution is 5.57. The van der Waals surface area contributed by atoms with Gasteiger partial charge in [-0.25, -0.2) is 0 Å². The van der Waals surface area contributed by atoms with Crippen molar-refractivity contribution in [3.63, 3.8) is 0 Å². The molecule has 0 aliphatic rings. The first-order chi connectivity index (χ1) is 6.75. The molecule has 77 valence electrons. The van der Waals surface area contributed by atoms with Gasteiger partial charge in [0.25, 0.3) is 0 Å². The maximum Gasteiger partial charge on any atom is 0.142 e. The van der Waals surface area contributed by atoms with Crippen LogP contribution in [0.1, 0.15) is 12.8 Å². The highest BCUT2D eigenvalue weighted by Gasteiger charge is 2.03. The lowest BCUT2D eigenvalue weighted by Gasteiger charge is -2.17. The molecule has 0 atom stereocenters. The van der Waals surface area contributed by atoms with Crippen LogP contribution in [0.15, 0.2) is 24.3 Å². The van der Waals surface area contributed by atoms with Gasteiger partial charge in [0.2, 0.25) is 0 Å². The Morgan fingerprint density at radius 2 is 2.00 bits per heavy atom. The molecular weight excluding hydrogens is 174 g/mol. The van der Waals surface area contributed by atoms with Crippen LogP contribution in [-0.2, 0) is 0 Å². The van der Waals surface area contributed by atoms with E-state index in [9.17, 15) is 0 Å². The molecule has 0 amide bonds. The summed E-state index contributed by atoms with van der Waals surface area (Å²) >= 11 is 0. The Bertz CT molecular complexity index is 271. The smallest absolute Gasteiger partial charge is 0.142 e. The van der Waals surface area contributed by atoms with Gasteiger partial charge in [-0.1, -0.05) is 25.5 Å². The summed E-state index contributed by atoms with van der Waals surface area (Å²) in [5, 5.41) is 0. The quantitative estimate of drug-likeness (QED) is 0.665. The Morgan fingerprint density at radius 3 is 2.64 bits per heavy atom. The maximum absolute atomic E-state index is 5.66. The third-order valence-corrected chi connectivity index (χ3v) is 2.00. The monoisotopic (exact) mass is 192 g/mol. The number of hydrogen-bond acceptors (Lipinski definition) is 2. The van der Waals surface area contributed by atoms with Gasteiger partial charge in [-0.15, -0.1) is 0 Å². The van der Waals surface area contributed by atoms with Gasteiger partial charge in [-0.05, 0) is 18.6 Å². The number of anilines is 1. The summed E-state index contributed by atoms with van der Waals surface area (Å²) in [5.41, 5.74) is 1.12. The summed E-state index contributed by atoms with van der Waals surface area (Å²) in [5.74, 6) is 0.950. The van der Waals surface area contributed by atoms with E-state index in [2.05, 4.69) is 17.9 Å². The molecule has 1 rings (SSSR count). The Kier molecular flexibility index (Phi) is 4.30. The molecule has 0 saturated heterocycles. The minimum absolute atomic E-state index is 0.744. The molecule has 2 nitrogen and oxygen atoms in total. The lowest BCUT2D eigenvalue weighted by atomic mass is 10.3. The number of benzene rings is 1. The van der Waals surface area contributed by atoms with Crippen LogP contribution in [-0.4, -0.2) is 20.7 Å². The standard InChI is InChI=1S/C12H18NO/c1-4-5-10-14-12-9-7-6-8-11(12)13(2)3/h6-9H,1,4-5,10H2,2-3H3. The second-order valence-electron chi connectivity index (χ2n) is 3.42. The fourth-order valence-corrected chi connectivity index (χ4v) is 1.23. The third-order valence-electron chi connectivity index (χ3n) is 2.00. The minimum Gasteiger partial charge on any atom is -0.491 e. The molecule has 0 aliphatic carbocycles. The van der Waals surface area contributed by atoms with Crippen LogP contribution in [0.25, 0.3) is 0 Å². The molecule has 0 spiro atoms. The molecule has 1 aromatic rings. The zero-order valence-electron chi connectivity index (χ0n) is 8.99. The van der Waals surface area contributed by atoms with Crippen molar-refractivity contribution in [1.82, 2.24) is 0 Å².